The Morgan fingerprint density at radius 1 is 0.424 bits per heavy atom. The molecule has 0 saturated carbocycles. The van der Waals surface area contributed by atoms with Crippen molar-refractivity contribution >= 4 is 6.08 Å². The third-order valence-electron chi connectivity index (χ3n) is 7.12. The number of nitrogens with zero attached hydrogens (tertiary/aromatic N) is 1. The highest BCUT2D eigenvalue weighted by Gasteiger charge is 1.97. The molecule has 0 aliphatic heterocycles. The summed E-state index contributed by atoms with van der Waals surface area (Å²) in [4.78, 5) is 13.6. The van der Waals surface area contributed by atoms with E-state index in [1.165, 1.54) is 161 Å². The van der Waals surface area contributed by atoms with Crippen molar-refractivity contribution in [2.75, 3.05) is 6.54 Å². The van der Waals surface area contributed by atoms with Crippen LogP contribution in [0.4, 0.5) is 0 Å². The molecule has 0 spiro atoms. The minimum Gasteiger partial charge on any atom is -0.211 e. The SMILES string of the molecule is CC(C)CCCCCCCCCCCCCCCCCCCCCCCCCCCN=C=O. The van der Waals surface area contributed by atoms with Gasteiger partial charge >= 0.3 is 0 Å². The lowest BCUT2D eigenvalue weighted by Crippen LogP contribution is -1.87. The first-order valence-electron chi connectivity index (χ1n) is 15.3. The Hall–Kier alpha value is -0.620. The molecule has 0 saturated heterocycles. The van der Waals surface area contributed by atoms with Crippen LogP contribution >= 0.6 is 0 Å². The highest BCUT2D eigenvalue weighted by Crippen LogP contribution is 2.16. The van der Waals surface area contributed by atoms with Crippen molar-refractivity contribution in [3.8, 4) is 0 Å². The molecule has 0 bridgehead atoms. The standard InChI is InChI=1S/C31H61NO/c1-31(2)28-26-24-22-20-18-16-14-12-10-8-6-4-3-5-7-9-11-13-15-17-19-21-23-25-27-29-32-30-33/h31H,3-29H2,1-2H3. The number of aliphatic imine (C=N–C) groups is 1. The lowest BCUT2D eigenvalue weighted by molar-refractivity contribution is 0.500. The molecule has 0 aromatic carbocycles. The fourth-order valence-electron chi connectivity index (χ4n) is 4.85. The number of hydrogen-bond donors (Lipinski definition) is 0. The summed E-state index contributed by atoms with van der Waals surface area (Å²) >= 11 is 0. The zero-order valence-electron chi connectivity index (χ0n) is 23.0. The molecule has 33 heavy (non-hydrogen) atoms. The van der Waals surface area contributed by atoms with E-state index in [0.29, 0.717) is 6.54 Å². The van der Waals surface area contributed by atoms with Crippen molar-refractivity contribution < 1.29 is 4.79 Å². The van der Waals surface area contributed by atoms with Crippen LogP contribution in [0.15, 0.2) is 4.99 Å². The van der Waals surface area contributed by atoms with Crippen LogP contribution < -0.4 is 0 Å². The normalized spacial score (nSPS) is 11.2. The van der Waals surface area contributed by atoms with Crippen molar-refractivity contribution in [1.29, 1.82) is 0 Å². The number of carbonyl (C=O) groups excluding carboxylic acids is 1. The zero-order valence-corrected chi connectivity index (χ0v) is 23.0. The second-order valence-corrected chi connectivity index (χ2v) is 11.0. The van der Waals surface area contributed by atoms with Crippen molar-refractivity contribution in [3.05, 3.63) is 0 Å². The molecule has 2 heteroatoms. The lowest BCUT2D eigenvalue weighted by atomic mass is 10.0. The summed E-state index contributed by atoms with van der Waals surface area (Å²) in [7, 11) is 0. The molecule has 2 nitrogen and oxygen atoms in total. The number of unbranched alkanes of at least 4 members (excludes halogenated alkanes) is 24. The molecule has 0 N–H and O–H groups in total. The van der Waals surface area contributed by atoms with Gasteiger partial charge in [0.2, 0.25) is 6.08 Å². The minimum absolute atomic E-state index is 0.669. The Morgan fingerprint density at radius 2 is 0.667 bits per heavy atom. The smallest absolute Gasteiger partial charge is 0.211 e. The van der Waals surface area contributed by atoms with Crippen LogP contribution in [-0.2, 0) is 4.79 Å². The summed E-state index contributed by atoms with van der Waals surface area (Å²) < 4.78 is 0. The molecule has 0 unspecified atom stereocenters. The van der Waals surface area contributed by atoms with E-state index in [2.05, 4.69) is 18.8 Å². The topological polar surface area (TPSA) is 29.4 Å². The van der Waals surface area contributed by atoms with Gasteiger partial charge in [-0.2, -0.15) is 0 Å². The van der Waals surface area contributed by atoms with Gasteiger partial charge in [0.15, 0.2) is 0 Å². The Kier molecular flexibility index (Phi) is 28.9. The van der Waals surface area contributed by atoms with E-state index < -0.39 is 0 Å². The van der Waals surface area contributed by atoms with Gasteiger partial charge in [-0.15, -0.1) is 0 Å². The van der Waals surface area contributed by atoms with E-state index in [0.717, 1.165) is 12.3 Å². The molecule has 0 aromatic heterocycles. The van der Waals surface area contributed by atoms with E-state index in [9.17, 15) is 4.79 Å². The summed E-state index contributed by atoms with van der Waals surface area (Å²) in [5.74, 6) is 0.889. The first kappa shape index (κ1) is 32.4. The first-order valence-corrected chi connectivity index (χ1v) is 15.3. The summed E-state index contributed by atoms with van der Waals surface area (Å²) in [6.07, 6.45) is 38.5. The van der Waals surface area contributed by atoms with Gasteiger partial charge in [-0.3, -0.25) is 0 Å². The maximum Gasteiger partial charge on any atom is 0.234 e. The zero-order chi connectivity index (χ0) is 24.1. The monoisotopic (exact) mass is 463 g/mol. The molecular formula is C31H61NO. The number of hydrogen-bond acceptors (Lipinski definition) is 2. The molecular weight excluding hydrogens is 402 g/mol. The highest BCUT2D eigenvalue weighted by molar-refractivity contribution is 5.32. The molecule has 0 aromatic rings. The van der Waals surface area contributed by atoms with Gasteiger partial charge in [-0.25, -0.2) is 9.79 Å². The Morgan fingerprint density at radius 3 is 0.909 bits per heavy atom. The van der Waals surface area contributed by atoms with Gasteiger partial charge in [0.25, 0.3) is 0 Å². The third-order valence-corrected chi connectivity index (χ3v) is 7.12. The average Bonchev–Trinajstić information content (AvgIpc) is 2.80. The predicted molar refractivity (Wildman–Crippen MR) is 148 cm³/mol. The predicted octanol–water partition coefficient (Wildman–Crippen LogP) is 11.1. The van der Waals surface area contributed by atoms with E-state index in [4.69, 9.17) is 0 Å². The Bertz CT molecular complexity index is 400. The van der Waals surface area contributed by atoms with Crippen LogP contribution in [0, 0.1) is 5.92 Å². The van der Waals surface area contributed by atoms with E-state index in [1.54, 1.807) is 6.08 Å². The van der Waals surface area contributed by atoms with Crippen molar-refractivity contribution in [3.63, 3.8) is 0 Å². The second kappa shape index (κ2) is 29.4. The van der Waals surface area contributed by atoms with Crippen LogP contribution in [0.5, 0.6) is 0 Å². The summed E-state index contributed by atoms with van der Waals surface area (Å²) in [6, 6.07) is 0. The molecule has 0 atom stereocenters. The van der Waals surface area contributed by atoms with Gasteiger partial charge in [0.1, 0.15) is 0 Å². The number of rotatable bonds is 28. The fraction of sp³-hybridized carbons (Fsp3) is 0.968. The Balaban J connectivity index is 3.02. The molecule has 196 valence electrons. The summed E-state index contributed by atoms with van der Waals surface area (Å²) in [5, 5.41) is 0. The summed E-state index contributed by atoms with van der Waals surface area (Å²) in [5.41, 5.74) is 0. The first-order chi connectivity index (χ1) is 16.3. The lowest BCUT2D eigenvalue weighted by Gasteiger charge is -2.05. The third kappa shape index (κ3) is 31.4. The van der Waals surface area contributed by atoms with Gasteiger partial charge in [-0.05, 0) is 12.3 Å². The van der Waals surface area contributed by atoms with Gasteiger partial charge in [-0.1, -0.05) is 174 Å². The second-order valence-electron chi connectivity index (χ2n) is 11.0. The molecule has 0 heterocycles. The molecule has 0 aliphatic carbocycles. The van der Waals surface area contributed by atoms with Crippen LogP contribution in [-0.4, -0.2) is 12.6 Å². The highest BCUT2D eigenvalue weighted by atomic mass is 16.1. The number of isocyanates is 1. The molecule has 0 rings (SSSR count). The maximum absolute atomic E-state index is 9.97. The van der Waals surface area contributed by atoms with Gasteiger partial charge < -0.3 is 0 Å². The van der Waals surface area contributed by atoms with Gasteiger partial charge in [0.05, 0.1) is 6.54 Å². The molecule has 0 aliphatic rings. The van der Waals surface area contributed by atoms with E-state index in [1.807, 2.05) is 0 Å². The average molecular weight is 464 g/mol. The fourth-order valence-corrected chi connectivity index (χ4v) is 4.85. The molecule has 0 fully saturated rings. The van der Waals surface area contributed by atoms with E-state index >= 15 is 0 Å². The molecule has 0 radical (unpaired) electrons. The van der Waals surface area contributed by atoms with Crippen molar-refractivity contribution in [1.82, 2.24) is 0 Å². The summed E-state index contributed by atoms with van der Waals surface area (Å²) in [6.45, 7) is 5.35. The van der Waals surface area contributed by atoms with Crippen LogP contribution in [0.25, 0.3) is 0 Å². The van der Waals surface area contributed by atoms with Gasteiger partial charge in [0, 0.05) is 0 Å². The quantitative estimate of drug-likeness (QED) is 0.0644. The maximum atomic E-state index is 9.97. The van der Waals surface area contributed by atoms with Crippen molar-refractivity contribution in [2.45, 2.75) is 181 Å². The molecule has 0 amide bonds. The van der Waals surface area contributed by atoms with Crippen LogP contribution in [0.2, 0.25) is 0 Å². The van der Waals surface area contributed by atoms with Crippen molar-refractivity contribution in [2.24, 2.45) is 10.9 Å². The Labute approximate surface area is 209 Å². The van der Waals surface area contributed by atoms with E-state index in [-0.39, 0.29) is 0 Å². The largest absolute Gasteiger partial charge is 0.234 e. The van der Waals surface area contributed by atoms with Crippen LogP contribution in [0.1, 0.15) is 181 Å². The minimum atomic E-state index is 0.669. The van der Waals surface area contributed by atoms with Crippen LogP contribution in [0.3, 0.4) is 0 Å².